The molecule has 98 valence electrons. The van der Waals surface area contributed by atoms with E-state index in [0.29, 0.717) is 5.92 Å². The largest absolute Gasteiger partial charge is 0.545 e. The maximum Gasteiger partial charge on any atom is 0.0715 e. The van der Waals surface area contributed by atoms with Crippen LogP contribution in [0.5, 0.6) is 0 Å². The standard InChI is InChI=1S/C14H20N2O2/c1-11(10-16-8-6-15-7-9-16)12-2-4-13(5-3-12)14(17)18/h2-5,11,15H,6-10H2,1H3,(H,17,18)/p-1. The van der Waals surface area contributed by atoms with Crippen LogP contribution in [0.3, 0.4) is 0 Å². The number of carbonyl (C=O) groups excluding carboxylic acids is 1. The predicted molar refractivity (Wildman–Crippen MR) is 68.5 cm³/mol. The maximum atomic E-state index is 10.7. The first-order valence-electron chi connectivity index (χ1n) is 6.41. The molecule has 1 fully saturated rings. The van der Waals surface area contributed by atoms with Crippen LogP contribution in [0, 0.1) is 0 Å². The summed E-state index contributed by atoms with van der Waals surface area (Å²) >= 11 is 0. The summed E-state index contributed by atoms with van der Waals surface area (Å²) in [5.41, 5.74) is 1.42. The highest BCUT2D eigenvalue weighted by atomic mass is 16.4. The second kappa shape index (κ2) is 5.98. The van der Waals surface area contributed by atoms with Gasteiger partial charge in [-0.05, 0) is 17.0 Å². The highest BCUT2D eigenvalue weighted by Gasteiger charge is 2.14. The van der Waals surface area contributed by atoms with Gasteiger partial charge >= 0.3 is 0 Å². The van der Waals surface area contributed by atoms with E-state index in [4.69, 9.17) is 0 Å². The van der Waals surface area contributed by atoms with Crippen LogP contribution >= 0.6 is 0 Å². The molecule has 4 nitrogen and oxygen atoms in total. The minimum atomic E-state index is -1.11. The van der Waals surface area contributed by atoms with E-state index >= 15 is 0 Å². The van der Waals surface area contributed by atoms with Crippen molar-refractivity contribution in [3.8, 4) is 0 Å². The highest BCUT2D eigenvalue weighted by Crippen LogP contribution is 2.17. The third kappa shape index (κ3) is 3.31. The van der Waals surface area contributed by atoms with Gasteiger partial charge in [0, 0.05) is 32.7 Å². The number of hydrogen-bond acceptors (Lipinski definition) is 4. The Hall–Kier alpha value is -1.39. The van der Waals surface area contributed by atoms with Crippen molar-refractivity contribution >= 4 is 5.97 Å². The molecule has 1 heterocycles. The third-order valence-corrected chi connectivity index (χ3v) is 3.46. The van der Waals surface area contributed by atoms with Gasteiger partial charge in [0.1, 0.15) is 0 Å². The number of nitrogens with zero attached hydrogens (tertiary/aromatic N) is 1. The van der Waals surface area contributed by atoms with Gasteiger partial charge < -0.3 is 20.1 Å². The number of carbonyl (C=O) groups is 1. The van der Waals surface area contributed by atoms with Crippen LogP contribution in [-0.4, -0.2) is 43.6 Å². The molecule has 0 aromatic heterocycles. The molecule has 1 aliphatic heterocycles. The molecular formula is C14H19N2O2-. The molecule has 0 aliphatic carbocycles. The Kier molecular flexibility index (Phi) is 4.33. The summed E-state index contributed by atoms with van der Waals surface area (Å²) in [5.74, 6) is -0.699. The third-order valence-electron chi connectivity index (χ3n) is 3.46. The average Bonchev–Trinajstić information content (AvgIpc) is 2.40. The van der Waals surface area contributed by atoms with Crippen LogP contribution in [0.25, 0.3) is 0 Å². The second-order valence-electron chi connectivity index (χ2n) is 4.86. The summed E-state index contributed by atoms with van der Waals surface area (Å²) in [6.45, 7) is 7.47. The van der Waals surface area contributed by atoms with Gasteiger partial charge in [-0.3, -0.25) is 0 Å². The van der Waals surface area contributed by atoms with Crippen LogP contribution in [-0.2, 0) is 0 Å². The monoisotopic (exact) mass is 247 g/mol. The van der Waals surface area contributed by atoms with Crippen molar-refractivity contribution in [1.29, 1.82) is 0 Å². The van der Waals surface area contributed by atoms with Gasteiger partial charge in [0.05, 0.1) is 5.97 Å². The molecule has 1 atom stereocenters. The lowest BCUT2D eigenvalue weighted by atomic mass is 9.99. The Bertz CT molecular complexity index is 397. The van der Waals surface area contributed by atoms with Gasteiger partial charge in [-0.2, -0.15) is 0 Å². The molecule has 1 aromatic carbocycles. The van der Waals surface area contributed by atoms with Crippen molar-refractivity contribution in [2.75, 3.05) is 32.7 Å². The fourth-order valence-electron chi connectivity index (χ4n) is 2.33. The summed E-state index contributed by atoms with van der Waals surface area (Å²) in [5, 5.41) is 14.0. The first-order chi connectivity index (χ1) is 8.66. The summed E-state index contributed by atoms with van der Waals surface area (Å²) in [4.78, 5) is 13.1. The first-order valence-corrected chi connectivity index (χ1v) is 6.41. The van der Waals surface area contributed by atoms with Gasteiger partial charge in [-0.15, -0.1) is 0 Å². The average molecular weight is 247 g/mol. The number of benzene rings is 1. The first kappa shape index (κ1) is 13.1. The summed E-state index contributed by atoms with van der Waals surface area (Å²) < 4.78 is 0. The molecule has 1 aromatic rings. The van der Waals surface area contributed by atoms with Crippen molar-refractivity contribution in [2.45, 2.75) is 12.8 Å². The zero-order chi connectivity index (χ0) is 13.0. The maximum absolute atomic E-state index is 10.7. The van der Waals surface area contributed by atoms with Crippen LogP contribution in [0.4, 0.5) is 0 Å². The van der Waals surface area contributed by atoms with Crippen LogP contribution in [0.2, 0.25) is 0 Å². The second-order valence-corrected chi connectivity index (χ2v) is 4.86. The normalized spacial score (nSPS) is 18.5. The Morgan fingerprint density at radius 2 is 1.94 bits per heavy atom. The Balaban J connectivity index is 1.95. The summed E-state index contributed by atoms with van der Waals surface area (Å²) in [6, 6.07) is 7.02. The van der Waals surface area contributed by atoms with Crippen molar-refractivity contribution < 1.29 is 9.90 Å². The quantitative estimate of drug-likeness (QED) is 0.817. The van der Waals surface area contributed by atoms with Crippen molar-refractivity contribution in [3.63, 3.8) is 0 Å². The predicted octanol–water partition coefficient (Wildman–Crippen LogP) is 0.0588. The van der Waals surface area contributed by atoms with Gasteiger partial charge in [0.25, 0.3) is 0 Å². The molecule has 0 amide bonds. The summed E-state index contributed by atoms with van der Waals surface area (Å²) in [6.07, 6.45) is 0. The molecule has 1 saturated heterocycles. The topological polar surface area (TPSA) is 55.4 Å². The lowest BCUT2D eigenvalue weighted by molar-refractivity contribution is -0.255. The van der Waals surface area contributed by atoms with E-state index in [2.05, 4.69) is 17.1 Å². The minimum Gasteiger partial charge on any atom is -0.545 e. The summed E-state index contributed by atoms with van der Waals surface area (Å²) in [7, 11) is 0. The van der Waals surface area contributed by atoms with E-state index in [1.807, 2.05) is 12.1 Å². The molecule has 18 heavy (non-hydrogen) atoms. The number of hydrogen-bond donors (Lipinski definition) is 1. The van der Waals surface area contributed by atoms with Crippen LogP contribution in [0.15, 0.2) is 24.3 Å². The number of carboxylic acid groups (broad SMARTS) is 1. The van der Waals surface area contributed by atoms with E-state index < -0.39 is 5.97 Å². The fraction of sp³-hybridized carbons (Fsp3) is 0.500. The number of nitrogens with one attached hydrogen (secondary N) is 1. The fourth-order valence-corrected chi connectivity index (χ4v) is 2.33. The molecular weight excluding hydrogens is 228 g/mol. The molecule has 0 spiro atoms. The van der Waals surface area contributed by atoms with Gasteiger partial charge in [0.15, 0.2) is 0 Å². The van der Waals surface area contributed by atoms with Crippen molar-refractivity contribution in [2.24, 2.45) is 0 Å². The number of aromatic carboxylic acids is 1. The van der Waals surface area contributed by atoms with Crippen LogP contribution in [0.1, 0.15) is 28.8 Å². The van der Waals surface area contributed by atoms with E-state index in [1.165, 1.54) is 5.56 Å². The zero-order valence-electron chi connectivity index (χ0n) is 10.7. The van der Waals surface area contributed by atoms with Crippen molar-refractivity contribution in [3.05, 3.63) is 35.4 Å². The van der Waals surface area contributed by atoms with E-state index in [9.17, 15) is 9.90 Å². The number of piperazine rings is 1. The molecule has 4 heteroatoms. The van der Waals surface area contributed by atoms with E-state index in [1.54, 1.807) is 12.1 Å². The molecule has 0 bridgehead atoms. The smallest absolute Gasteiger partial charge is 0.0715 e. The molecule has 2 rings (SSSR count). The van der Waals surface area contributed by atoms with Gasteiger partial charge in [-0.1, -0.05) is 31.2 Å². The molecule has 1 unspecified atom stereocenters. The lowest BCUT2D eigenvalue weighted by Gasteiger charge is -2.29. The zero-order valence-corrected chi connectivity index (χ0v) is 10.7. The minimum absolute atomic E-state index is 0.244. The Morgan fingerprint density at radius 1 is 1.33 bits per heavy atom. The van der Waals surface area contributed by atoms with Gasteiger partial charge in [0.2, 0.25) is 0 Å². The Labute approximate surface area is 108 Å². The van der Waals surface area contributed by atoms with Crippen molar-refractivity contribution in [1.82, 2.24) is 10.2 Å². The molecule has 1 N–H and O–H groups in total. The number of carboxylic acids is 1. The lowest BCUT2D eigenvalue weighted by Crippen LogP contribution is -2.44. The molecule has 1 aliphatic rings. The SMILES string of the molecule is CC(CN1CCNCC1)c1ccc(C(=O)[O-])cc1. The molecule has 0 saturated carbocycles. The molecule has 0 radical (unpaired) electrons. The highest BCUT2D eigenvalue weighted by molar-refractivity contribution is 5.85. The van der Waals surface area contributed by atoms with E-state index in [0.717, 1.165) is 32.7 Å². The van der Waals surface area contributed by atoms with Crippen LogP contribution < -0.4 is 10.4 Å². The van der Waals surface area contributed by atoms with E-state index in [-0.39, 0.29) is 5.56 Å². The van der Waals surface area contributed by atoms with Gasteiger partial charge in [-0.25, -0.2) is 0 Å². The Morgan fingerprint density at radius 3 is 2.50 bits per heavy atom. The number of rotatable bonds is 4.